The molecule has 0 radical (unpaired) electrons. The quantitative estimate of drug-likeness (QED) is 0.133. The van der Waals surface area contributed by atoms with Crippen LogP contribution in [0.2, 0.25) is 0 Å². The number of imidazole rings is 3. The zero-order chi connectivity index (χ0) is 47.7. The summed E-state index contributed by atoms with van der Waals surface area (Å²) in [4.78, 5) is 76.2. The van der Waals surface area contributed by atoms with Crippen LogP contribution in [0.4, 0.5) is 0 Å². The van der Waals surface area contributed by atoms with Crippen LogP contribution in [0.15, 0.2) is 88.7 Å². The largest absolute Gasteiger partial charge is 0.384 e. The van der Waals surface area contributed by atoms with Gasteiger partial charge < -0.3 is 44.5 Å². The number of nitrogens with one attached hydrogen (secondary N) is 3. The topological polar surface area (TPSA) is 245 Å². The molecule has 8 rings (SSSR count). The fourth-order valence-corrected chi connectivity index (χ4v) is 6.28. The Kier molecular flexibility index (Phi) is 19.6. The molecule has 0 spiro atoms. The maximum Gasteiger partial charge on any atom is 0.279 e. The van der Waals surface area contributed by atoms with E-state index in [4.69, 9.17) is 5.73 Å². The maximum atomic E-state index is 11.5. The molecule has 5 N–H and O–H groups in total. The third kappa shape index (κ3) is 13.4. The first-order valence-electron chi connectivity index (χ1n) is 21.0. The van der Waals surface area contributed by atoms with Crippen molar-refractivity contribution in [2.24, 2.45) is 10.7 Å². The van der Waals surface area contributed by atoms with Crippen molar-refractivity contribution < 1.29 is 4.79 Å². The number of amidine groups is 1. The van der Waals surface area contributed by atoms with E-state index in [0.29, 0.717) is 63.8 Å². The van der Waals surface area contributed by atoms with Crippen LogP contribution < -0.4 is 22.2 Å². The SMILES string of the molecule is C.C.C=C1N=C(N)C=CN1C(C)C.C=C1NC(=O)C(C)=CN1C(C)C.CC(C)n1cnc2c(=O)[nH]cnc21.Cc1nc(C)c2ncn(C(C)C)c2n1.Cc1nc2c(ncn2C(C)C)c(=O)[nH]1. The molecule has 6 aromatic rings. The Morgan fingerprint density at radius 2 is 1.12 bits per heavy atom. The Labute approximate surface area is 387 Å². The third-order valence-electron chi connectivity index (χ3n) is 9.63. The number of carbonyl (C=O) groups excluding carboxylic acids is 1. The minimum atomic E-state index is -0.190. The van der Waals surface area contributed by atoms with Crippen LogP contribution in [0.25, 0.3) is 33.5 Å². The van der Waals surface area contributed by atoms with Crippen LogP contribution in [0.5, 0.6) is 0 Å². The van der Waals surface area contributed by atoms with Crippen molar-refractivity contribution in [2.75, 3.05) is 0 Å². The van der Waals surface area contributed by atoms with Crippen LogP contribution in [-0.4, -0.2) is 92.2 Å². The molecule has 0 aromatic carbocycles. The van der Waals surface area contributed by atoms with Crippen molar-refractivity contribution in [2.45, 2.75) is 142 Å². The molecule has 358 valence electrons. The molecule has 2 aliphatic heterocycles. The fourth-order valence-electron chi connectivity index (χ4n) is 6.28. The minimum Gasteiger partial charge on any atom is -0.384 e. The van der Waals surface area contributed by atoms with Crippen molar-refractivity contribution in [3.63, 3.8) is 0 Å². The van der Waals surface area contributed by atoms with Crippen molar-refractivity contribution in [1.29, 1.82) is 0 Å². The number of fused-ring (bicyclic) bond motifs is 3. The molecule has 0 saturated heterocycles. The molecular formula is C46H71N17O3. The van der Waals surface area contributed by atoms with E-state index in [-0.39, 0.29) is 44.0 Å². The van der Waals surface area contributed by atoms with Gasteiger partial charge in [-0.1, -0.05) is 28.0 Å². The van der Waals surface area contributed by atoms with Gasteiger partial charge in [-0.2, -0.15) is 0 Å². The van der Waals surface area contributed by atoms with Gasteiger partial charge in [-0.05, 0) is 103 Å². The second kappa shape index (κ2) is 23.6. The Balaban J connectivity index is 0.000000282. The van der Waals surface area contributed by atoms with Gasteiger partial charge in [-0.25, -0.2) is 39.9 Å². The number of amides is 1. The van der Waals surface area contributed by atoms with Crippen LogP contribution in [0.1, 0.15) is 126 Å². The average molecular weight is 910 g/mol. The molecule has 0 saturated carbocycles. The van der Waals surface area contributed by atoms with E-state index in [1.54, 1.807) is 32.6 Å². The van der Waals surface area contributed by atoms with Gasteiger partial charge in [-0.3, -0.25) is 14.4 Å². The molecule has 6 aromatic heterocycles. The lowest BCUT2D eigenvalue weighted by Crippen LogP contribution is -2.40. The first-order chi connectivity index (χ1) is 30.0. The van der Waals surface area contributed by atoms with Gasteiger partial charge in [0.2, 0.25) is 0 Å². The number of carbonyl (C=O) groups is 1. The maximum absolute atomic E-state index is 11.5. The zero-order valence-corrected chi connectivity index (χ0v) is 39.5. The van der Waals surface area contributed by atoms with Gasteiger partial charge in [0.15, 0.2) is 28.0 Å². The average Bonchev–Trinajstić information content (AvgIpc) is 3.95. The van der Waals surface area contributed by atoms with Gasteiger partial charge in [0.1, 0.15) is 34.6 Å². The molecule has 8 heterocycles. The number of H-pyrrole nitrogens is 2. The monoisotopic (exact) mass is 910 g/mol. The molecule has 1 amide bonds. The van der Waals surface area contributed by atoms with Crippen LogP contribution in [-0.2, 0) is 4.79 Å². The summed E-state index contributed by atoms with van der Waals surface area (Å²) < 4.78 is 5.82. The summed E-state index contributed by atoms with van der Waals surface area (Å²) in [7, 11) is 0. The summed E-state index contributed by atoms with van der Waals surface area (Å²) in [6.45, 7) is 35.5. The van der Waals surface area contributed by atoms with E-state index in [2.05, 4.69) is 101 Å². The summed E-state index contributed by atoms with van der Waals surface area (Å²) in [6.07, 6.45) is 12.0. The van der Waals surface area contributed by atoms with Crippen LogP contribution in [0.3, 0.4) is 0 Å². The minimum absolute atomic E-state index is 0. The van der Waals surface area contributed by atoms with E-state index >= 15 is 0 Å². The Bertz CT molecular complexity index is 2830. The second-order valence-electron chi connectivity index (χ2n) is 16.5. The van der Waals surface area contributed by atoms with Gasteiger partial charge in [0.05, 0.1) is 31.0 Å². The fraction of sp³-hybridized carbons (Fsp3) is 0.457. The number of hydrogen-bond donors (Lipinski definition) is 4. The molecule has 2 aliphatic rings. The first kappa shape index (κ1) is 54.9. The predicted octanol–water partition coefficient (Wildman–Crippen LogP) is 7.26. The van der Waals surface area contributed by atoms with Gasteiger partial charge in [0.25, 0.3) is 17.0 Å². The number of nitrogens with two attached hydrogens (primary N) is 1. The van der Waals surface area contributed by atoms with Gasteiger partial charge in [-0.15, -0.1) is 0 Å². The molecule has 66 heavy (non-hydrogen) atoms. The Morgan fingerprint density at radius 3 is 1.64 bits per heavy atom. The van der Waals surface area contributed by atoms with Gasteiger partial charge >= 0.3 is 0 Å². The van der Waals surface area contributed by atoms with E-state index in [1.165, 1.54) is 6.33 Å². The molecule has 20 heteroatoms. The number of aromatic amines is 2. The Morgan fingerprint density at radius 1 is 0.621 bits per heavy atom. The normalized spacial score (nSPS) is 13.3. The lowest BCUT2D eigenvalue weighted by Gasteiger charge is -2.31. The zero-order valence-electron chi connectivity index (χ0n) is 39.5. The van der Waals surface area contributed by atoms with E-state index in [9.17, 15) is 14.4 Å². The highest BCUT2D eigenvalue weighted by Gasteiger charge is 2.19. The molecule has 20 nitrogen and oxygen atoms in total. The molecule has 0 fully saturated rings. The number of nitrogens with zero attached hydrogens (tertiary/aromatic N) is 13. The van der Waals surface area contributed by atoms with Crippen molar-refractivity contribution in [1.82, 2.24) is 73.7 Å². The number of hydrogen-bond acceptors (Lipinski definition) is 14. The van der Waals surface area contributed by atoms with E-state index in [0.717, 1.165) is 28.3 Å². The Hall–Kier alpha value is -7.25. The number of aromatic nitrogens is 12. The molecule has 0 bridgehead atoms. The standard InChI is InChI=1S/C10H14N4.C9H12N4O.C9H14N2O.C8H10N4O.C8H13N3.2CH4/c1-6(2)14-5-11-9-7(3)12-8(4)13-10(9)14;1-5(2)13-4-10-7-8(13)11-6(3)12-9(7)14;1-6(2)11-5-7(3)9(12)10-8(11)4;1-5(2)12-4-11-6-7(12)9-3-10-8(6)13;1-6(2)11-5-4-8(9)10-7(11)3;;/h5-6H,1-4H3;4-5H,1-3H3,(H,11,12,14);5-6H,4H2,1-3H3,(H,10,12);3-5H,1-2H3,(H,9,10,13);4-6H,3H2,1-2H3,(H2,9,10);2*1H4. The summed E-state index contributed by atoms with van der Waals surface area (Å²) in [5, 5.41) is 2.68. The highest BCUT2D eigenvalue weighted by atomic mass is 16.2. The highest BCUT2D eigenvalue weighted by molar-refractivity contribution is 5.94. The summed E-state index contributed by atoms with van der Waals surface area (Å²) in [6, 6.07) is 1.62. The van der Waals surface area contributed by atoms with Crippen LogP contribution >= 0.6 is 0 Å². The second-order valence-corrected chi connectivity index (χ2v) is 16.5. The lowest BCUT2D eigenvalue weighted by atomic mass is 10.2. The number of rotatable bonds is 5. The third-order valence-corrected chi connectivity index (χ3v) is 9.63. The first-order valence-corrected chi connectivity index (χ1v) is 21.0. The van der Waals surface area contributed by atoms with Crippen molar-refractivity contribution >= 4 is 45.2 Å². The highest BCUT2D eigenvalue weighted by Crippen LogP contribution is 2.18. The number of aryl methyl sites for hydroxylation is 3. The smallest absolute Gasteiger partial charge is 0.279 e. The van der Waals surface area contributed by atoms with Gasteiger partial charge in [0, 0.05) is 48.2 Å². The molecule has 0 atom stereocenters. The summed E-state index contributed by atoms with van der Waals surface area (Å²) >= 11 is 0. The van der Waals surface area contributed by atoms with Crippen molar-refractivity contribution in [3.8, 4) is 0 Å². The summed E-state index contributed by atoms with van der Waals surface area (Å²) in [5.74, 6) is 3.24. The predicted molar refractivity (Wildman–Crippen MR) is 265 cm³/mol. The van der Waals surface area contributed by atoms with E-state index < -0.39 is 0 Å². The number of aliphatic imine (C=N–C) groups is 1. The summed E-state index contributed by atoms with van der Waals surface area (Å²) in [5.41, 5.74) is 10.7. The van der Waals surface area contributed by atoms with Crippen molar-refractivity contribution in [3.05, 3.63) is 112 Å². The molecule has 0 aliphatic carbocycles. The lowest BCUT2D eigenvalue weighted by molar-refractivity contribution is -0.117. The molecule has 0 unspecified atom stereocenters. The van der Waals surface area contributed by atoms with Crippen LogP contribution in [0, 0.1) is 20.8 Å². The van der Waals surface area contributed by atoms with E-state index in [1.807, 2.05) is 93.1 Å². The molecular weight excluding hydrogens is 839 g/mol.